The zero-order valence-corrected chi connectivity index (χ0v) is 9.63. The van der Waals surface area contributed by atoms with Gasteiger partial charge in [0.05, 0.1) is 17.1 Å². The van der Waals surface area contributed by atoms with Crippen molar-refractivity contribution in [3.8, 4) is 0 Å². The predicted octanol–water partition coefficient (Wildman–Crippen LogP) is 1.52. The van der Waals surface area contributed by atoms with Gasteiger partial charge in [0.15, 0.2) is 0 Å². The average Bonchev–Trinajstić information content (AvgIpc) is 3.00. The number of aryl methyl sites for hydroxylation is 1. The number of rotatable bonds is 2. The number of aliphatic hydroxyl groups is 1. The molecule has 0 aliphatic heterocycles. The fourth-order valence-corrected chi connectivity index (χ4v) is 2.08. The standard InChI is InChI=1S/C12H11FN4O/c1-17-10-7(11(18)12-14-4-5-15-12)2-3-9(13)8(10)6-16-17/h2-6,11,18H,1H3,(H,14,15). The summed E-state index contributed by atoms with van der Waals surface area (Å²) < 4.78 is 15.2. The Morgan fingerprint density at radius 3 is 3.00 bits per heavy atom. The number of aromatic nitrogens is 4. The van der Waals surface area contributed by atoms with E-state index in [0.717, 1.165) is 0 Å². The van der Waals surface area contributed by atoms with Crippen LogP contribution in [0.15, 0.2) is 30.7 Å². The van der Waals surface area contributed by atoms with E-state index in [1.807, 2.05) is 0 Å². The molecule has 2 heterocycles. The summed E-state index contributed by atoms with van der Waals surface area (Å²) in [6.45, 7) is 0. The number of nitrogens with one attached hydrogen (secondary N) is 1. The third-order valence-electron chi connectivity index (χ3n) is 2.95. The van der Waals surface area contributed by atoms with Gasteiger partial charge in [-0.05, 0) is 6.07 Å². The number of aliphatic hydroxyl groups excluding tert-OH is 1. The summed E-state index contributed by atoms with van der Waals surface area (Å²) in [5.41, 5.74) is 1.14. The van der Waals surface area contributed by atoms with Gasteiger partial charge in [-0.15, -0.1) is 0 Å². The highest BCUT2D eigenvalue weighted by atomic mass is 19.1. The van der Waals surface area contributed by atoms with Crippen LogP contribution in [0.1, 0.15) is 17.5 Å². The minimum absolute atomic E-state index is 0.353. The Hall–Kier alpha value is -2.21. The number of H-pyrrole nitrogens is 1. The second-order valence-corrected chi connectivity index (χ2v) is 4.04. The Morgan fingerprint density at radius 1 is 1.44 bits per heavy atom. The molecule has 6 heteroatoms. The van der Waals surface area contributed by atoms with Crippen molar-refractivity contribution in [2.75, 3.05) is 0 Å². The van der Waals surface area contributed by atoms with Crippen molar-refractivity contribution in [2.24, 2.45) is 7.05 Å². The number of aromatic amines is 1. The molecule has 0 bridgehead atoms. The molecule has 0 radical (unpaired) electrons. The van der Waals surface area contributed by atoms with E-state index in [4.69, 9.17) is 0 Å². The molecule has 5 nitrogen and oxygen atoms in total. The quantitative estimate of drug-likeness (QED) is 0.720. The lowest BCUT2D eigenvalue weighted by atomic mass is 10.1. The SMILES string of the molecule is Cn1ncc2c(F)ccc(C(O)c3ncc[nH]3)c21. The summed E-state index contributed by atoms with van der Waals surface area (Å²) in [5.74, 6) is 0.0672. The average molecular weight is 246 g/mol. The van der Waals surface area contributed by atoms with E-state index in [0.29, 0.717) is 22.3 Å². The van der Waals surface area contributed by atoms with Crippen LogP contribution in [0.3, 0.4) is 0 Å². The second kappa shape index (κ2) is 3.92. The van der Waals surface area contributed by atoms with Gasteiger partial charge in [0, 0.05) is 25.0 Å². The molecule has 0 saturated heterocycles. The monoisotopic (exact) mass is 246 g/mol. The molecule has 0 aliphatic carbocycles. The number of nitrogens with zero attached hydrogens (tertiary/aromatic N) is 3. The van der Waals surface area contributed by atoms with E-state index in [-0.39, 0.29) is 5.82 Å². The fourth-order valence-electron chi connectivity index (χ4n) is 2.08. The Labute approximate surface area is 102 Å². The van der Waals surface area contributed by atoms with Crippen molar-refractivity contribution in [1.82, 2.24) is 19.7 Å². The van der Waals surface area contributed by atoms with Crippen molar-refractivity contribution in [3.63, 3.8) is 0 Å². The molecule has 1 atom stereocenters. The van der Waals surface area contributed by atoms with Crippen molar-refractivity contribution >= 4 is 10.9 Å². The highest BCUT2D eigenvalue weighted by Crippen LogP contribution is 2.28. The molecule has 18 heavy (non-hydrogen) atoms. The maximum Gasteiger partial charge on any atom is 0.139 e. The number of hydrogen-bond donors (Lipinski definition) is 2. The number of benzene rings is 1. The van der Waals surface area contributed by atoms with Crippen molar-refractivity contribution in [1.29, 1.82) is 0 Å². The number of hydrogen-bond acceptors (Lipinski definition) is 3. The van der Waals surface area contributed by atoms with Gasteiger partial charge < -0.3 is 10.1 Å². The summed E-state index contributed by atoms with van der Waals surface area (Å²) >= 11 is 0. The van der Waals surface area contributed by atoms with E-state index >= 15 is 0 Å². The highest BCUT2D eigenvalue weighted by Gasteiger charge is 2.19. The molecular formula is C12H11FN4O. The first-order valence-corrected chi connectivity index (χ1v) is 5.46. The zero-order chi connectivity index (χ0) is 12.7. The minimum atomic E-state index is -0.932. The lowest BCUT2D eigenvalue weighted by Gasteiger charge is -2.11. The fraction of sp³-hybridized carbons (Fsp3) is 0.167. The number of imidazole rings is 1. The maximum absolute atomic E-state index is 13.6. The van der Waals surface area contributed by atoms with Crippen LogP contribution in [0.4, 0.5) is 4.39 Å². The van der Waals surface area contributed by atoms with E-state index < -0.39 is 6.10 Å². The molecule has 0 aliphatic rings. The Balaban J connectivity index is 2.23. The van der Waals surface area contributed by atoms with Gasteiger partial charge in [-0.1, -0.05) is 6.07 Å². The smallest absolute Gasteiger partial charge is 0.139 e. The van der Waals surface area contributed by atoms with Gasteiger partial charge >= 0.3 is 0 Å². The van der Waals surface area contributed by atoms with Crippen LogP contribution in [0, 0.1) is 5.82 Å². The maximum atomic E-state index is 13.6. The molecule has 0 saturated carbocycles. The van der Waals surface area contributed by atoms with Crippen LogP contribution in [-0.4, -0.2) is 24.9 Å². The lowest BCUT2D eigenvalue weighted by Crippen LogP contribution is -2.05. The first-order valence-electron chi connectivity index (χ1n) is 5.46. The molecule has 1 aromatic carbocycles. The van der Waals surface area contributed by atoms with Gasteiger partial charge in [-0.2, -0.15) is 5.10 Å². The Bertz CT molecular complexity index is 689. The molecular weight excluding hydrogens is 235 g/mol. The van der Waals surface area contributed by atoms with Crippen LogP contribution < -0.4 is 0 Å². The van der Waals surface area contributed by atoms with Gasteiger partial charge in [0.25, 0.3) is 0 Å². The summed E-state index contributed by atoms with van der Waals surface area (Å²) in [7, 11) is 1.71. The molecule has 1 unspecified atom stereocenters. The third kappa shape index (κ3) is 1.50. The lowest BCUT2D eigenvalue weighted by molar-refractivity contribution is 0.212. The van der Waals surface area contributed by atoms with Crippen LogP contribution in [0.2, 0.25) is 0 Å². The molecule has 0 spiro atoms. The van der Waals surface area contributed by atoms with Gasteiger partial charge in [0.1, 0.15) is 17.7 Å². The van der Waals surface area contributed by atoms with Crippen molar-refractivity contribution in [3.05, 3.63) is 47.9 Å². The van der Waals surface area contributed by atoms with Gasteiger partial charge in [0.2, 0.25) is 0 Å². The Kier molecular flexibility index (Phi) is 2.38. The van der Waals surface area contributed by atoms with Crippen molar-refractivity contribution < 1.29 is 9.50 Å². The van der Waals surface area contributed by atoms with Crippen LogP contribution in [0.5, 0.6) is 0 Å². The van der Waals surface area contributed by atoms with Crippen LogP contribution in [0.25, 0.3) is 10.9 Å². The highest BCUT2D eigenvalue weighted by molar-refractivity contribution is 5.83. The predicted molar refractivity (Wildman–Crippen MR) is 63.3 cm³/mol. The molecule has 0 amide bonds. The molecule has 3 rings (SSSR count). The van der Waals surface area contributed by atoms with Crippen LogP contribution >= 0.6 is 0 Å². The van der Waals surface area contributed by atoms with Gasteiger partial charge in [-0.25, -0.2) is 9.37 Å². The van der Waals surface area contributed by atoms with Crippen molar-refractivity contribution in [2.45, 2.75) is 6.10 Å². The molecule has 3 aromatic rings. The zero-order valence-electron chi connectivity index (χ0n) is 9.63. The summed E-state index contributed by atoms with van der Waals surface area (Å²) in [4.78, 5) is 6.85. The Morgan fingerprint density at radius 2 is 2.28 bits per heavy atom. The van der Waals surface area contributed by atoms with E-state index in [1.165, 1.54) is 12.3 Å². The number of halogens is 1. The minimum Gasteiger partial charge on any atom is -0.380 e. The third-order valence-corrected chi connectivity index (χ3v) is 2.95. The molecule has 92 valence electrons. The first-order chi connectivity index (χ1) is 8.68. The van der Waals surface area contributed by atoms with E-state index in [9.17, 15) is 9.50 Å². The van der Waals surface area contributed by atoms with Gasteiger partial charge in [-0.3, -0.25) is 4.68 Å². The first kappa shape index (κ1) is 10.9. The second-order valence-electron chi connectivity index (χ2n) is 4.04. The molecule has 2 N–H and O–H groups in total. The summed E-state index contributed by atoms with van der Waals surface area (Å²) in [5, 5.41) is 14.7. The number of fused-ring (bicyclic) bond motifs is 1. The summed E-state index contributed by atoms with van der Waals surface area (Å²) in [6.07, 6.45) is 3.70. The van der Waals surface area contributed by atoms with E-state index in [1.54, 1.807) is 30.2 Å². The largest absolute Gasteiger partial charge is 0.380 e. The normalized spacial score (nSPS) is 13.1. The summed E-state index contributed by atoms with van der Waals surface area (Å²) in [6, 6.07) is 2.87. The molecule has 0 fully saturated rings. The van der Waals surface area contributed by atoms with E-state index in [2.05, 4.69) is 15.1 Å². The topological polar surface area (TPSA) is 66.7 Å². The van der Waals surface area contributed by atoms with Crippen LogP contribution in [-0.2, 0) is 7.05 Å². The molecule has 2 aromatic heterocycles.